The summed E-state index contributed by atoms with van der Waals surface area (Å²) in [4.78, 5) is 0. The fraction of sp³-hybridized carbons (Fsp3) is 0.733. The Morgan fingerprint density at radius 1 is 0.652 bits per heavy atom. The predicted molar refractivity (Wildman–Crippen MR) is 110 cm³/mol. The Hall–Kier alpha value is 1.33. The summed E-state index contributed by atoms with van der Waals surface area (Å²) in [7, 11) is -7.84. The van der Waals surface area contributed by atoms with E-state index in [1.165, 1.54) is 0 Å². The van der Waals surface area contributed by atoms with E-state index in [0.717, 1.165) is 12.1 Å². The van der Waals surface area contributed by atoms with Crippen molar-refractivity contribution in [1.82, 2.24) is 0 Å². The molecule has 0 aliphatic heterocycles. The molecule has 135 valence electrons. The number of hydrogen-bond acceptors (Lipinski definition) is 3. The molecule has 0 rings (SSSR count). The third-order valence-electron chi connectivity index (χ3n) is 2.81. The van der Waals surface area contributed by atoms with Crippen molar-refractivity contribution in [1.29, 1.82) is 0 Å². The van der Waals surface area contributed by atoms with Crippen LogP contribution in [0.1, 0.15) is 7.43 Å². The van der Waals surface area contributed by atoms with Crippen LogP contribution in [0, 0.1) is 0 Å². The molecule has 0 aliphatic carbocycles. The molecule has 0 fully saturated rings. The summed E-state index contributed by atoms with van der Waals surface area (Å²) >= 11 is 0. The van der Waals surface area contributed by atoms with Gasteiger partial charge >= 0.3 is 17.1 Å². The average Bonchev–Trinajstić information content (AvgIpc) is 2.09. The molecule has 0 heterocycles. The molecule has 3 nitrogen and oxygen atoms in total. The number of rotatable bonds is 10. The summed E-state index contributed by atoms with van der Waals surface area (Å²) in [5.41, 5.74) is 0. The van der Waals surface area contributed by atoms with Crippen molar-refractivity contribution in [3.05, 3.63) is 25.3 Å². The standard InChI is InChI=1S/C14H34O3Si4.CH4.Y/c1-11-13-18(3,4)15-20(7,8)17-21(9,10)16-19(5,6)14-12-2;;/h11-12H,1-2,13-14H2,3-10H3;1H4;. The van der Waals surface area contributed by atoms with Gasteiger partial charge in [-0.05, 0) is 64.5 Å². The van der Waals surface area contributed by atoms with Crippen LogP contribution in [0.15, 0.2) is 25.3 Å². The quantitative estimate of drug-likeness (QED) is 0.298. The first-order valence-electron chi connectivity index (χ1n) is 7.56. The van der Waals surface area contributed by atoms with Gasteiger partial charge in [-0.1, -0.05) is 19.6 Å². The first-order valence-corrected chi connectivity index (χ1v) is 19.4. The fourth-order valence-corrected chi connectivity index (χ4v) is 21.3. The Balaban J connectivity index is -0.00000200. The van der Waals surface area contributed by atoms with Crippen molar-refractivity contribution >= 4 is 33.8 Å². The Labute approximate surface area is 174 Å². The van der Waals surface area contributed by atoms with Gasteiger partial charge in [-0.3, -0.25) is 0 Å². The topological polar surface area (TPSA) is 27.7 Å². The minimum atomic E-state index is -2.19. The maximum absolute atomic E-state index is 6.42. The third-order valence-corrected chi connectivity index (χ3v) is 17.6. The molecule has 8 heteroatoms. The summed E-state index contributed by atoms with van der Waals surface area (Å²) in [5, 5.41) is 0. The van der Waals surface area contributed by atoms with Crippen LogP contribution in [0.2, 0.25) is 64.5 Å². The molecule has 0 saturated heterocycles. The molecular weight excluding hydrogens is 429 g/mol. The fourth-order valence-electron chi connectivity index (χ4n) is 2.74. The minimum absolute atomic E-state index is 0. The predicted octanol–water partition coefficient (Wildman–Crippen LogP) is 5.86. The first-order chi connectivity index (χ1) is 9.24. The molecule has 0 bridgehead atoms. The van der Waals surface area contributed by atoms with E-state index in [0.29, 0.717) is 0 Å². The Morgan fingerprint density at radius 2 is 0.913 bits per heavy atom. The van der Waals surface area contributed by atoms with Crippen molar-refractivity contribution in [2.45, 2.75) is 71.9 Å². The van der Waals surface area contributed by atoms with Gasteiger partial charge in [0.25, 0.3) is 0 Å². The summed E-state index contributed by atoms with van der Waals surface area (Å²) in [6.45, 7) is 25.1. The summed E-state index contributed by atoms with van der Waals surface area (Å²) in [5.74, 6) is 0. The van der Waals surface area contributed by atoms with Gasteiger partial charge in [-0.25, -0.2) is 0 Å². The van der Waals surface area contributed by atoms with E-state index < -0.39 is 33.8 Å². The molecule has 0 aliphatic rings. The molecule has 0 aromatic carbocycles. The van der Waals surface area contributed by atoms with Gasteiger partial charge in [0.2, 0.25) is 0 Å². The molecule has 23 heavy (non-hydrogen) atoms. The molecule has 0 aromatic heterocycles. The molecule has 0 atom stereocenters. The monoisotopic (exact) mass is 467 g/mol. The second-order valence-corrected chi connectivity index (χ2v) is 23.5. The molecule has 0 unspecified atom stereocenters. The second kappa shape index (κ2) is 11.1. The smallest absolute Gasteiger partial charge is 0.312 e. The molecule has 0 spiro atoms. The van der Waals surface area contributed by atoms with E-state index >= 15 is 0 Å². The zero-order valence-electron chi connectivity index (χ0n) is 15.8. The van der Waals surface area contributed by atoms with Gasteiger partial charge in [0.1, 0.15) is 0 Å². The van der Waals surface area contributed by atoms with Gasteiger partial charge in [0.15, 0.2) is 16.6 Å². The van der Waals surface area contributed by atoms with Gasteiger partial charge in [0, 0.05) is 32.7 Å². The van der Waals surface area contributed by atoms with Crippen LogP contribution in [-0.4, -0.2) is 33.8 Å². The Bertz CT molecular complexity index is 338. The van der Waals surface area contributed by atoms with E-state index in [1.54, 1.807) is 0 Å². The van der Waals surface area contributed by atoms with Crippen molar-refractivity contribution in [3.8, 4) is 0 Å². The van der Waals surface area contributed by atoms with Crippen LogP contribution in [0.5, 0.6) is 0 Å². The Morgan fingerprint density at radius 3 is 1.13 bits per heavy atom. The van der Waals surface area contributed by atoms with E-state index in [9.17, 15) is 0 Å². The summed E-state index contributed by atoms with van der Waals surface area (Å²) in [6, 6.07) is 1.90. The van der Waals surface area contributed by atoms with E-state index in [2.05, 4.69) is 65.5 Å². The van der Waals surface area contributed by atoms with Crippen LogP contribution < -0.4 is 0 Å². The third kappa shape index (κ3) is 14.2. The largest absolute Gasteiger partial charge is 0.436 e. The van der Waals surface area contributed by atoms with Crippen molar-refractivity contribution in [3.63, 3.8) is 0 Å². The van der Waals surface area contributed by atoms with Crippen LogP contribution in [0.3, 0.4) is 0 Å². The Kier molecular flexibility index (Phi) is 14.1. The molecular formula is C15H38O3Si4Y. The zero-order chi connectivity index (χ0) is 16.9. The second-order valence-electron chi connectivity index (χ2n) is 7.61. The SMILES string of the molecule is C.C=CC[Si](C)(C)O[Si](C)(C)O[Si](C)(C)O[Si](C)(C)CC=C.[Y]. The van der Waals surface area contributed by atoms with Gasteiger partial charge < -0.3 is 12.3 Å². The molecule has 0 aromatic rings. The maximum atomic E-state index is 6.42. The van der Waals surface area contributed by atoms with Crippen LogP contribution >= 0.6 is 0 Å². The van der Waals surface area contributed by atoms with E-state index in [-0.39, 0.29) is 40.1 Å². The number of allylic oxidation sites excluding steroid dienone is 2. The molecule has 0 N–H and O–H groups in total. The van der Waals surface area contributed by atoms with Crippen LogP contribution in [-0.2, 0) is 45.1 Å². The normalized spacial score (nSPS) is 12.9. The molecule has 0 amide bonds. The molecule has 1 radical (unpaired) electrons. The van der Waals surface area contributed by atoms with Gasteiger partial charge in [-0.2, -0.15) is 0 Å². The summed E-state index contributed by atoms with van der Waals surface area (Å²) < 4.78 is 19.2. The minimum Gasteiger partial charge on any atom is -0.436 e. The zero-order valence-corrected chi connectivity index (χ0v) is 22.6. The van der Waals surface area contributed by atoms with Crippen molar-refractivity contribution in [2.24, 2.45) is 0 Å². The summed E-state index contributed by atoms with van der Waals surface area (Å²) in [6.07, 6.45) is 3.91. The van der Waals surface area contributed by atoms with E-state index in [1.807, 2.05) is 12.2 Å². The van der Waals surface area contributed by atoms with Crippen molar-refractivity contribution < 1.29 is 45.1 Å². The maximum Gasteiger partial charge on any atom is 0.312 e. The number of hydrogen-bond donors (Lipinski definition) is 0. The average molecular weight is 468 g/mol. The molecule has 0 saturated carbocycles. The van der Waals surface area contributed by atoms with Crippen LogP contribution in [0.25, 0.3) is 0 Å². The van der Waals surface area contributed by atoms with Crippen LogP contribution in [0.4, 0.5) is 0 Å². The van der Waals surface area contributed by atoms with Gasteiger partial charge in [0.05, 0.1) is 0 Å². The van der Waals surface area contributed by atoms with Gasteiger partial charge in [-0.15, -0.1) is 13.2 Å². The van der Waals surface area contributed by atoms with E-state index in [4.69, 9.17) is 12.3 Å². The van der Waals surface area contributed by atoms with Crippen molar-refractivity contribution in [2.75, 3.05) is 0 Å². The first kappa shape index (κ1) is 29.1.